The molecule has 134 valence electrons. The van der Waals surface area contributed by atoms with Crippen molar-refractivity contribution in [2.45, 2.75) is 62.4 Å². The van der Waals surface area contributed by atoms with E-state index in [0.717, 1.165) is 24.8 Å². The molecule has 1 amide bonds. The molecule has 1 aliphatic carbocycles. The average Bonchev–Trinajstić information content (AvgIpc) is 2.55. The minimum absolute atomic E-state index is 0.0544. The molecule has 0 saturated heterocycles. The van der Waals surface area contributed by atoms with Crippen LogP contribution in [-0.2, 0) is 14.8 Å². The summed E-state index contributed by atoms with van der Waals surface area (Å²) in [6, 6.07) is 5.43. The minimum atomic E-state index is -3.71. The third kappa shape index (κ3) is 5.29. The number of primary sulfonamides is 1. The van der Waals surface area contributed by atoms with Crippen molar-refractivity contribution in [3.05, 3.63) is 29.8 Å². The molecule has 1 fully saturated rings. The summed E-state index contributed by atoms with van der Waals surface area (Å²) >= 11 is 0. The topological polar surface area (TPSA) is 115 Å². The molecule has 6 nitrogen and oxygen atoms in total. The second-order valence-electron chi connectivity index (χ2n) is 6.69. The van der Waals surface area contributed by atoms with Crippen LogP contribution in [0.15, 0.2) is 29.2 Å². The Balaban J connectivity index is 1.90. The number of carbonyl (C=O) groups is 1. The van der Waals surface area contributed by atoms with Crippen LogP contribution in [0.5, 0.6) is 0 Å². The first-order valence-electron chi connectivity index (χ1n) is 8.46. The molecule has 1 saturated carbocycles. The van der Waals surface area contributed by atoms with E-state index < -0.39 is 16.1 Å². The van der Waals surface area contributed by atoms with Gasteiger partial charge < -0.3 is 11.1 Å². The molecule has 2 atom stereocenters. The fourth-order valence-electron chi connectivity index (χ4n) is 3.24. The van der Waals surface area contributed by atoms with Crippen molar-refractivity contribution in [2.24, 2.45) is 16.8 Å². The van der Waals surface area contributed by atoms with Crippen molar-refractivity contribution in [1.29, 1.82) is 0 Å². The van der Waals surface area contributed by atoms with Gasteiger partial charge in [-0.1, -0.05) is 44.2 Å². The molecule has 2 unspecified atom stereocenters. The maximum atomic E-state index is 12.3. The van der Waals surface area contributed by atoms with Crippen LogP contribution in [0.2, 0.25) is 0 Å². The highest BCUT2D eigenvalue weighted by atomic mass is 32.2. The van der Waals surface area contributed by atoms with Crippen molar-refractivity contribution in [3.8, 4) is 0 Å². The molecule has 0 spiro atoms. The largest absolute Gasteiger partial charge is 0.348 e. The number of hydrogen-bond donors (Lipinski definition) is 3. The molecule has 24 heavy (non-hydrogen) atoms. The number of hydrogen-bond acceptors (Lipinski definition) is 4. The molecule has 1 aromatic rings. The Hall–Kier alpha value is -1.44. The van der Waals surface area contributed by atoms with Crippen molar-refractivity contribution in [1.82, 2.24) is 5.32 Å². The lowest BCUT2D eigenvalue weighted by Gasteiger charge is -2.25. The molecule has 5 N–H and O–H groups in total. The zero-order valence-corrected chi connectivity index (χ0v) is 14.9. The summed E-state index contributed by atoms with van der Waals surface area (Å²) in [7, 11) is -3.71. The summed E-state index contributed by atoms with van der Waals surface area (Å²) in [6.07, 6.45) is 6.78. The number of nitrogens with two attached hydrogens (primary N) is 2. The lowest BCUT2D eigenvalue weighted by atomic mass is 9.85. The molecule has 0 bridgehead atoms. The highest BCUT2D eigenvalue weighted by Crippen LogP contribution is 2.27. The molecule has 2 rings (SSSR count). The smallest absolute Gasteiger partial charge is 0.238 e. The Morgan fingerprint density at radius 1 is 1.21 bits per heavy atom. The molecule has 7 heteroatoms. The lowest BCUT2D eigenvalue weighted by molar-refractivity contribution is -0.123. The lowest BCUT2D eigenvalue weighted by Crippen LogP contribution is -2.42. The number of amides is 1. The number of sulfonamides is 1. The zero-order chi connectivity index (χ0) is 17.7. The van der Waals surface area contributed by atoms with E-state index in [1.807, 2.05) is 6.92 Å². The fourth-order valence-corrected chi connectivity index (χ4v) is 3.75. The SMILES string of the molecule is CC(NC(=O)C(N)CC1CCCCC1)c1ccc(S(N)(=O)=O)cc1. The first-order valence-corrected chi connectivity index (χ1v) is 10.0. The Morgan fingerprint density at radius 3 is 2.33 bits per heavy atom. The molecular weight excluding hydrogens is 326 g/mol. The predicted octanol–water partition coefficient (Wildman–Crippen LogP) is 1.81. The minimum Gasteiger partial charge on any atom is -0.348 e. The monoisotopic (exact) mass is 353 g/mol. The summed E-state index contributed by atoms with van der Waals surface area (Å²) in [5.41, 5.74) is 6.85. The van der Waals surface area contributed by atoms with Gasteiger partial charge in [-0.2, -0.15) is 0 Å². The van der Waals surface area contributed by atoms with Gasteiger partial charge in [-0.15, -0.1) is 0 Å². The van der Waals surface area contributed by atoms with E-state index in [1.54, 1.807) is 12.1 Å². The van der Waals surface area contributed by atoms with Crippen molar-refractivity contribution >= 4 is 15.9 Å². The number of carbonyl (C=O) groups excluding carboxylic acids is 1. The average molecular weight is 353 g/mol. The zero-order valence-electron chi connectivity index (χ0n) is 14.1. The second kappa shape index (κ2) is 8.09. The van der Waals surface area contributed by atoms with Gasteiger partial charge in [0.2, 0.25) is 15.9 Å². The standard InChI is InChI=1S/C17H27N3O3S/c1-12(14-7-9-15(10-8-14)24(19,22)23)20-17(21)16(18)11-13-5-3-2-4-6-13/h7-10,12-13,16H,2-6,11,18H2,1H3,(H,20,21)(H2,19,22,23). The highest BCUT2D eigenvalue weighted by molar-refractivity contribution is 7.89. The normalized spacial score (nSPS) is 18.8. The van der Waals surface area contributed by atoms with Gasteiger partial charge in [-0.05, 0) is 37.0 Å². The Morgan fingerprint density at radius 2 is 1.79 bits per heavy atom. The van der Waals surface area contributed by atoms with Crippen LogP contribution in [-0.4, -0.2) is 20.4 Å². The van der Waals surface area contributed by atoms with Gasteiger partial charge in [0.05, 0.1) is 17.0 Å². The summed E-state index contributed by atoms with van der Waals surface area (Å²) in [5, 5.41) is 7.98. The fraction of sp³-hybridized carbons (Fsp3) is 0.588. The van der Waals surface area contributed by atoms with E-state index in [-0.39, 0.29) is 16.8 Å². The van der Waals surface area contributed by atoms with E-state index in [1.165, 1.54) is 31.4 Å². The molecule has 1 aromatic carbocycles. The van der Waals surface area contributed by atoms with Gasteiger partial charge in [-0.3, -0.25) is 4.79 Å². The summed E-state index contributed by atoms with van der Waals surface area (Å²) in [4.78, 5) is 12.3. The maximum absolute atomic E-state index is 12.3. The summed E-state index contributed by atoms with van der Waals surface area (Å²) < 4.78 is 22.5. The second-order valence-corrected chi connectivity index (χ2v) is 8.25. The number of rotatable bonds is 6. The Kier molecular flexibility index (Phi) is 6.37. The molecule has 0 heterocycles. The summed E-state index contributed by atoms with van der Waals surface area (Å²) in [5.74, 6) is 0.382. The first kappa shape index (κ1) is 18.9. The van der Waals surface area contributed by atoms with Crippen LogP contribution in [0.25, 0.3) is 0 Å². The van der Waals surface area contributed by atoms with E-state index in [9.17, 15) is 13.2 Å². The molecule has 0 aliphatic heterocycles. The van der Waals surface area contributed by atoms with Gasteiger partial charge in [0.1, 0.15) is 0 Å². The first-order chi connectivity index (χ1) is 11.3. The van der Waals surface area contributed by atoms with Gasteiger partial charge in [0, 0.05) is 0 Å². The van der Waals surface area contributed by atoms with Gasteiger partial charge in [0.15, 0.2) is 0 Å². The summed E-state index contributed by atoms with van der Waals surface area (Å²) in [6.45, 7) is 1.84. The van der Waals surface area contributed by atoms with Crippen LogP contribution in [0.4, 0.5) is 0 Å². The third-order valence-corrected chi connectivity index (χ3v) is 5.65. The predicted molar refractivity (Wildman–Crippen MR) is 93.5 cm³/mol. The van der Waals surface area contributed by atoms with Crippen LogP contribution in [0, 0.1) is 5.92 Å². The van der Waals surface area contributed by atoms with E-state index >= 15 is 0 Å². The molecule has 1 aliphatic rings. The van der Waals surface area contributed by atoms with Crippen LogP contribution < -0.4 is 16.2 Å². The van der Waals surface area contributed by atoms with E-state index in [4.69, 9.17) is 10.9 Å². The maximum Gasteiger partial charge on any atom is 0.238 e. The van der Waals surface area contributed by atoms with Gasteiger partial charge in [-0.25, -0.2) is 13.6 Å². The van der Waals surface area contributed by atoms with Crippen molar-refractivity contribution in [3.63, 3.8) is 0 Å². The number of benzene rings is 1. The third-order valence-electron chi connectivity index (χ3n) is 4.72. The Labute approximate surface area is 144 Å². The van der Waals surface area contributed by atoms with Gasteiger partial charge >= 0.3 is 0 Å². The Bertz CT molecular complexity index is 652. The van der Waals surface area contributed by atoms with Crippen molar-refractivity contribution < 1.29 is 13.2 Å². The van der Waals surface area contributed by atoms with Crippen LogP contribution in [0.3, 0.4) is 0 Å². The van der Waals surface area contributed by atoms with Crippen molar-refractivity contribution in [2.75, 3.05) is 0 Å². The highest BCUT2D eigenvalue weighted by Gasteiger charge is 2.22. The van der Waals surface area contributed by atoms with Crippen LogP contribution >= 0.6 is 0 Å². The quantitative estimate of drug-likeness (QED) is 0.723. The number of nitrogens with one attached hydrogen (secondary N) is 1. The van der Waals surface area contributed by atoms with E-state index in [0.29, 0.717) is 5.92 Å². The molecular formula is C17H27N3O3S. The molecule has 0 radical (unpaired) electrons. The molecule has 0 aromatic heterocycles. The van der Waals surface area contributed by atoms with Gasteiger partial charge in [0.25, 0.3) is 0 Å². The van der Waals surface area contributed by atoms with Crippen LogP contribution in [0.1, 0.15) is 57.1 Å². The van der Waals surface area contributed by atoms with E-state index in [2.05, 4.69) is 5.32 Å².